The van der Waals surface area contributed by atoms with Gasteiger partial charge in [0.1, 0.15) is 23.5 Å². The Hall–Kier alpha value is -3.76. The molecule has 11 nitrogen and oxygen atoms in total. The summed E-state index contributed by atoms with van der Waals surface area (Å²) in [5.74, 6) is -1.01. The Morgan fingerprint density at radius 1 is 1.05 bits per heavy atom. The van der Waals surface area contributed by atoms with Crippen LogP contribution in [0.3, 0.4) is 0 Å². The number of alkyl carbamates (subject to hydrolysis) is 1. The van der Waals surface area contributed by atoms with Crippen molar-refractivity contribution in [2.24, 2.45) is 11.8 Å². The lowest BCUT2D eigenvalue weighted by Gasteiger charge is -2.39. The summed E-state index contributed by atoms with van der Waals surface area (Å²) in [6, 6.07) is 4.88. The molecule has 2 aromatic rings. The third-order valence-corrected chi connectivity index (χ3v) is 7.75. The maximum absolute atomic E-state index is 12.6. The maximum atomic E-state index is 12.6. The molecule has 11 heteroatoms. The fraction of sp³-hybridized carbons (Fsp3) is 0.625. The van der Waals surface area contributed by atoms with E-state index in [2.05, 4.69) is 60.9 Å². The highest BCUT2D eigenvalue weighted by Crippen LogP contribution is 2.35. The number of rotatable bonds is 11. The molecule has 4 unspecified atom stereocenters. The predicted molar refractivity (Wildman–Crippen MR) is 164 cm³/mol. The van der Waals surface area contributed by atoms with E-state index in [1.54, 1.807) is 20.8 Å². The summed E-state index contributed by atoms with van der Waals surface area (Å²) in [7, 11) is 0. The number of unbranched alkanes of at least 4 members (excludes halogenated alkanes) is 1. The van der Waals surface area contributed by atoms with Gasteiger partial charge in [-0.05, 0) is 94.4 Å². The molecule has 5 N–H and O–H groups in total. The lowest BCUT2D eigenvalue weighted by Crippen LogP contribution is -2.50. The molecule has 1 aromatic heterocycles. The number of aromatic amines is 1. The number of aliphatic carboxylic acids is 1. The molecule has 0 radical (unpaired) electrons. The van der Waals surface area contributed by atoms with Crippen LogP contribution in [0.1, 0.15) is 92.1 Å². The Morgan fingerprint density at radius 2 is 1.72 bits per heavy atom. The van der Waals surface area contributed by atoms with Crippen molar-refractivity contribution in [3.8, 4) is 5.75 Å². The number of carbonyl (C=O) groups excluding carboxylic acids is 3. The average molecular weight is 601 g/mol. The number of H-pyrrole nitrogens is 1. The zero-order chi connectivity index (χ0) is 31.9. The van der Waals surface area contributed by atoms with Crippen molar-refractivity contribution in [2.75, 3.05) is 6.54 Å². The molecular weight excluding hydrogens is 552 g/mol. The van der Waals surface area contributed by atoms with E-state index in [-0.39, 0.29) is 36.9 Å². The lowest BCUT2D eigenvalue weighted by atomic mass is 9.77. The molecule has 0 saturated heterocycles. The molecule has 0 spiro atoms. The highest BCUT2D eigenvalue weighted by atomic mass is 16.6. The number of amides is 3. The van der Waals surface area contributed by atoms with Gasteiger partial charge in [-0.2, -0.15) is 0 Å². The van der Waals surface area contributed by atoms with E-state index in [1.165, 1.54) is 10.9 Å². The summed E-state index contributed by atoms with van der Waals surface area (Å²) < 4.78 is 11.6. The van der Waals surface area contributed by atoms with Gasteiger partial charge in [0.15, 0.2) is 0 Å². The standard InChI is InChI=1S/C32H48N4O7/c1-18(2)24-17-34-25-12-11-22(16-23(24)25)42-27-19(3)14-21(15-20(27)4)35-29(38)28(37)33-13-9-8-10-26(30(39)40)36-31(41)43-32(5,6)7/h11-12,16-21,26-27,34H,8-10,13-15H2,1-7H3,(H,33,37)(H,35,38)(H,36,41)(H,39,40)/t19-,20?,21?,26?,27?/m1/s1. The minimum absolute atomic E-state index is 0.0136. The number of aromatic nitrogens is 1. The molecule has 1 aliphatic rings. The number of ether oxygens (including phenoxy) is 2. The van der Waals surface area contributed by atoms with E-state index in [4.69, 9.17) is 9.47 Å². The predicted octanol–water partition coefficient (Wildman–Crippen LogP) is 4.85. The smallest absolute Gasteiger partial charge is 0.408 e. The second-order valence-corrected chi connectivity index (χ2v) is 13.1. The minimum Gasteiger partial charge on any atom is -0.490 e. The number of carbonyl (C=O) groups is 4. The van der Waals surface area contributed by atoms with Gasteiger partial charge in [0.2, 0.25) is 0 Å². The van der Waals surface area contributed by atoms with Crippen molar-refractivity contribution >= 4 is 34.8 Å². The average Bonchev–Trinajstić information content (AvgIpc) is 3.32. The Labute approximate surface area is 253 Å². The van der Waals surface area contributed by atoms with E-state index >= 15 is 0 Å². The van der Waals surface area contributed by atoms with Crippen LogP contribution in [-0.4, -0.2) is 64.3 Å². The van der Waals surface area contributed by atoms with Crippen LogP contribution in [0.2, 0.25) is 0 Å². The van der Waals surface area contributed by atoms with Crippen LogP contribution in [0, 0.1) is 11.8 Å². The molecule has 1 heterocycles. The number of hydrogen-bond donors (Lipinski definition) is 5. The SMILES string of the molecule is CC(C)c1c[nH]c2ccc(OC3C(C)CC(NC(=O)C(=O)NCCCCC(NC(=O)OC(C)(C)C)C(=O)O)C[C@H]3C)cc12. The molecule has 0 aliphatic heterocycles. The van der Waals surface area contributed by atoms with Crippen LogP contribution in [0.5, 0.6) is 5.75 Å². The van der Waals surface area contributed by atoms with Crippen LogP contribution in [0.4, 0.5) is 4.79 Å². The van der Waals surface area contributed by atoms with Crippen molar-refractivity contribution in [1.82, 2.24) is 20.9 Å². The van der Waals surface area contributed by atoms with E-state index < -0.39 is 35.5 Å². The molecular formula is C32H48N4O7. The third kappa shape index (κ3) is 9.90. The maximum Gasteiger partial charge on any atom is 0.408 e. The first kappa shape index (κ1) is 33.7. The second-order valence-electron chi connectivity index (χ2n) is 13.1. The third-order valence-electron chi connectivity index (χ3n) is 7.75. The summed E-state index contributed by atoms with van der Waals surface area (Å²) in [5, 5.41) is 18.4. The summed E-state index contributed by atoms with van der Waals surface area (Å²) in [6.07, 6.45) is 3.66. The van der Waals surface area contributed by atoms with Gasteiger partial charge in [-0.25, -0.2) is 9.59 Å². The fourth-order valence-corrected chi connectivity index (χ4v) is 5.72. The van der Waals surface area contributed by atoms with Crippen molar-refractivity contribution in [2.45, 2.75) is 110 Å². The highest BCUT2D eigenvalue weighted by Gasteiger charge is 2.36. The number of carboxylic acid groups (broad SMARTS) is 1. The molecule has 3 rings (SSSR count). The summed E-state index contributed by atoms with van der Waals surface area (Å²) in [6.45, 7) is 13.8. The van der Waals surface area contributed by atoms with Gasteiger partial charge < -0.3 is 35.5 Å². The number of nitrogens with one attached hydrogen (secondary N) is 4. The summed E-state index contributed by atoms with van der Waals surface area (Å²) >= 11 is 0. The molecule has 1 aliphatic carbocycles. The Morgan fingerprint density at radius 3 is 2.33 bits per heavy atom. The number of benzene rings is 1. The van der Waals surface area contributed by atoms with Gasteiger partial charge in [0.05, 0.1) is 0 Å². The minimum atomic E-state index is -1.17. The molecule has 1 saturated carbocycles. The first-order valence-electron chi connectivity index (χ1n) is 15.2. The highest BCUT2D eigenvalue weighted by molar-refractivity contribution is 6.35. The van der Waals surface area contributed by atoms with E-state index in [1.807, 2.05) is 12.1 Å². The fourth-order valence-electron chi connectivity index (χ4n) is 5.72. The van der Waals surface area contributed by atoms with Crippen LogP contribution in [0.15, 0.2) is 24.4 Å². The topological polar surface area (TPSA) is 159 Å². The van der Waals surface area contributed by atoms with Crippen molar-refractivity contribution in [3.63, 3.8) is 0 Å². The quantitative estimate of drug-likeness (QED) is 0.182. The zero-order valence-electron chi connectivity index (χ0n) is 26.4. The van der Waals surface area contributed by atoms with E-state index in [9.17, 15) is 24.3 Å². The Bertz CT molecular complexity index is 1270. The number of fused-ring (bicyclic) bond motifs is 1. The van der Waals surface area contributed by atoms with Gasteiger partial charge >= 0.3 is 23.9 Å². The molecule has 1 aromatic carbocycles. The van der Waals surface area contributed by atoms with Crippen LogP contribution in [0.25, 0.3) is 10.9 Å². The van der Waals surface area contributed by atoms with Gasteiger partial charge in [-0.3, -0.25) is 9.59 Å². The molecule has 43 heavy (non-hydrogen) atoms. The van der Waals surface area contributed by atoms with Gasteiger partial charge in [-0.1, -0.05) is 27.7 Å². The first-order valence-corrected chi connectivity index (χ1v) is 15.2. The molecule has 1 fully saturated rings. The largest absolute Gasteiger partial charge is 0.490 e. The summed E-state index contributed by atoms with van der Waals surface area (Å²) in [4.78, 5) is 51.7. The van der Waals surface area contributed by atoms with Crippen molar-refractivity contribution in [3.05, 3.63) is 30.0 Å². The van der Waals surface area contributed by atoms with E-state index in [0.717, 1.165) is 11.3 Å². The van der Waals surface area contributed by atoms with E-state index in [0.29, 0.717) is 31.6 Å². The van der Waals surface area contributed by atoms with Gasteiger partial charge in [-0.15, -0.1) is 0 Å². The second kappa shape index (κ2) is 14.6. The Kier molecular flexibility index (Phi) is 11.5. The van der Waals surface area contributed by atoms with Gasteiger partial charge in [0.25, 0.3) is 0 Å². The Balaban J connectivity index is 1.41. The summed E-state index contributed by atoms with van der Waals surface area (Å²) in [5.41, 5.74) is 1.60. The lowest BCUT2D eigenvalue weighted by molar-refractivity contribution is -0.140. The first-order chi connectivity index (χ1) is 20.1. The number of carboxylic acids is 1. The zero-order valence-corrected chi connectivity index (χ0v) is 26.4. The van der Waals surface area contributed by atoms with Crippen LogP contribution in [-0.2, 0) is 19.1 Å². The van der Waals surface area contributed by atoms with Crippen LogP contribution >= 0.6 is 0 Å². The van der Waals surface area contributed by atoms with Crippen molar-refractivity contribution < 1.29 is 33.8 Å². The van der Waals surface area contributed by atoms with Crippen LogP contribution < -0.4 is 20.7 Å². The molecule has 0 bridgehead atoms. The molecule has 3 amide bonds. The number of hydrogen-bond acceptors (Lipinski definition) is 6. The van der Waals surface area contributed by atoms with Gasteiger partial charge in [0, 0.05) is 29.7 Å². The molecule has 238 valence electrons. The normalized spacial score (nSPS) is 21.2. The molecule has 5 atom stereocenters. The monoisotopic (exact) mass is 600 g/mol. The van der Waals surface area contributed by atoms with Crippen molar-refractivity contribution in [1.29, 1.82) is 0 Å².